The number of benzene rings is 2. The molecule has 3 amide bonds. The summed E-state index contributed by atoms with van der Waals surface area (Å²) in [5.74, 6) is -0.702. The summed E-state index contributed by atoms with van der Waals surface area (Å²) in [6, 6.07) is 13.6. The molecule has 35 heavy (non-hydrogen) atoms. The lowest BCUT2D eigenvalue weighted by molar-refractivity contribution is -0.117. The van der Waals surface area contributed by atoms with Gasteiger partial charge >= 0.3 is 0 Å². The van der Waals surface area contributed by atoms with Crippen molar-refractivity contribution >= 4 is 39.1 Å². The van der Waals surface area contributed by atoms with Gasteiger partial charge in [-0.25, -0.2) is 13.1 Å². The van der Waals surface area contributed by atoms with Gasteiger partial charge in [0, 0.05) is 31.6 Å². The van der Waals surface area contributed by atoms with Crippen molar-refractivity contribution < 1.29 is 22.8 Å². The first kappa shape index (κ1) is 24.6. The molecule has 4 rings (SSSR count). The molecule has 2 aromatic rings. The van der Waals surface area contributed by atoms with Crippen molar-refractivity contribution in [2.24, 2.45) is 0 Å². The summed E-state index contributed by atoms with van der Waals surface area (Å²) in [7, 11) is -3.47. The lowest BCUT2D eigenvalue weighted by atomic mass is 9.98. The zero-order valence-corrected chi connectivity index (χ0v) is 20.3. The van der Waals surface area contributed by atoms with Crippen LogP contribution in [0.1, 0.15) is 42.1 Å². The monoisotopic (exact) mass is 496 g/mol. The van der Waals surface area contributed by atoms with Crippen LogP contribution in [0.4, 0.5) is 11.4 Å². The van der Waals surface area contributed by atoms with E-state index >= 15 is 0 Å². The van der Waals surface area contributed by atoms with Crippen molar-refractivity contribution in [2.75, 3.05) is 23.3 Å². The number of sulfonamides is 1. The third-order valence-corrected chi connectivity index (χ3v) is 7.67. The van der Waals surface area contributed by atoms with Crippen molar-refractivity contribution in [3.05, 3.63) is 72.3 Å². The zero-order chi connectivity index (χ0) is 25.2. The van der Waals surface area contributed by atoms with Gasteiger partial charge in [-0.1, -0.05) is 30.3 Å². The molecule has 2 aliphatic rings. The lowest BCUT2D eigenvalue weighted by Gasteiger charge is -2.48. The number of rotatable bonds is 9. The van der Waals surface area contributed by atoms with Crippen molar-refractivity contribution in [2.45, 2.75) is 37.6 Å². The van der Waals surface area contributed by atoms with Gasteiger partial charge in [0.2, 0.25) is 21.8 Å². The van der Waals surface area contributed by atoms with Crippen molar-refractivity contribution in [1.82, 2.24) is 9.62 Å². The molecule has 184 valence electrons. The SMILES string of the molecule is C=CCNS(=O)(=O)Cc1ccc(NC(=O)CCN2C(=O)c3ccccc3N3C(=O)CCC23C)cc1. The molecule has 0 radical (unpaired) electrons. The third kappa shape index (κ3) is 4.98. The Labute approximate surface area is 204 Å². The number of amides is 3. The molecule has 1 fully saturated rings. The number of fused-ring (bicyclic) bond motifs is 3. The Morgan fingerprint density at radius 1 is 1.14 bits per heavy atom. The molecule has 2 N–H and O–H groups in total. The largest absolute Gasteiger partial charge is 0.326 e. The van der Waals surface area contributed by atoms with Crippen LogP contribution in [-0.4, -0.2) is 49.8 Å². The van der Waals surface area contributed by atoms with Crippen LogP contribution in [0.15, 0.2) is 61.2 Å². The standard InChI is InChI=1S/C25H28N4O5S/c1-3-15-26-35(33,34)17-18-8-10-19(11-9-18)27-22(30)13-16-28-24(32)20-6-4-5-7-21(20)29-23(31)12-14-25(28,29)2/h3-11,26H,1,12-17H2,2H3,(H,27,30). The Kier molecular flexibility index (Phi) is 6.77. The van der Waals surface area contributed by atoms with Crippen molar-refractivity contribution in [3.63, 3.8) is 0 Å². The van der Waals surface area contributed by atoms with E-state index in [2.05, 4.69) is 16.6 Å². The fourth-order valence-corrected chi connectivity index (χ4v) is 5.72. The van der Waals surface area contributed by atoms with Gasteiger partial charge < -0.3 is 10.2 Å². The molecule has 9 nitrogen and oxygen atoms in total. The fraction of sp³-hybridized carbons (Fsp3) is 0.320. The number of para-hydroxylation sites is 1. The van der Waals surface area contributed by atoms with Gasteiger partial charge in [0.25, 0.3) is 5.91 Å². The van der Waals surface area contributed by atoms with E-state index < -0.39 is 15.7 Å². The fourth-order valence-electron chi connectivity index (χ4n) is 4.62. The van der Waals surface area contributed by atoms with E-state index in [1.165, 1.54) is 6.08 Å². The highest BCUT2D eigenvalue weighted by atomic mass is 32.2. The van der Waals surface area contributed by atoms with Crippen LogP contribution in [0.3, 0.4) is 0 Å². The molecule has 1 saturated heterocycles. The van der Waals surface area contributed by atoms with Crippen molar-refractivity contribution in [3.8, 4) is 0 Å². The maximum atomic E-state index is 13.3. The van der Waals surface area contributed by atoms with E-state index in [9.17, 15) is 22.8 Å². The van der Waals surface area contributed by atoms with Gasteiger partial charge in [0.15, 0.2) is 0 Å². The summed E-state index contributed by atoms with van der Waals surface area (Å²) >= 11 is 0. The minimum atomic E-state index is -3.47. The van der Waals surface area contributed by atoms with Crippen molar-refractivity contribution in [1.29, 1.82) is 0 Å². The summed E-state index contributed by atoms with van der Waals surface area (Å²) in [5, 5.41) is 2.79. The second-order valence-electron chi connectivity index (χ2n) is 8.81. The zero-order valence-electron chi connectivity index (χ0n) is 19.5. The molecule has 2 aromatic carbocycles. The van der Waals surface area contributed by atoms with Gasteiger partial charge in [-0.05, 0) is 43.2 Å². The molecule has 0 saturated carbocycles. The molecule has 0 aromatic heterocycles. The molecule has 0 spiro atoms. The van der Waals surface area contributed by atoms with Crippen LogP contribution in [-0.2, 0) is 25.4 Å². The second-order valence-corrected chi connectivity index (χ2v) is 10.6. The summed E-state index contributed by atoms with van der Waals surface area (Å²) in [5.41, 5.74) is 1.36. The smallest absolute Gasteiger partial charge is 0.257 e. The molecule has 2 aliphatic heterocycles. The van der Waals surface area contributed by atoms with E-state index in [1.807, 2.05) is 6.92 Å². The maximum absolute atomic E-state index is 13.3. The minimum absolute atomic E-state index is 0.0382. The van der Waals surface area contributed by atoms with Gasteiger partial charge in [-0.15, -0.1) is 6.58 Å². The molecular weight excluding hydrogens is 468 g/mol. The highest BCUT2D eigenvalue weighted by molar-refractivity contribution is 7.88. The van der Waals surface area contributed by atoms with Crippen LogP contribution < -0.4 is 14.9 Å². The first-order valence-electron chi connectivity index (χ1n) is 11.4. The predicted molar refractivity (Wildman–Crippen MR) is 133 cm³/mol. The molecule has 1 atom stereocenters. The molecule has 0 bridgehead atoms. The van der Waals surface area contributed by atoms with Crippen LogP contribution in [0.2, 0.25) is 0 Å². The minimum Gasteiger partial charge on any atom is -0.326 e. The number of anilines is 2. The van der Waals surface area contributed by atoms with Crippen LogP contribution >= 0.6 is 0 Å². The first-order chi connectivity index (χ1) is 16.6. The Morgan fingerprint density at radius 3 is 2.57 bits per heavy atom. The Morgan fingerprint density at radius 2 is 1.86 bits per heavy atom. The number of hydrogen-bond donors (Lipinski definition) is 2. The van der Waals surface area contributed by atoms with Gasteiger partial charge in [0.1, 0.15) is 5.66 Å². The van der Waals surface area contributed by atoms with Gasteiger partial charge in [-0.3, -0.25) is 19.3 Å². The van der Waals surface area contributed by atoms with Gasteiger partial charge in [-0.2, -0.15) is 0 Å². The summed E-state index contributed by atoms with van der Waals surface area (Å²) in [6.45, 7) is 5.66. The molecule has 10 heteroatoms. The summed E-state index contributed by atoms with van der Waals surface area (Å²) in [6.07, 6.45) is 2.35. The molecule has 2 heterocycles. The highest BCUT2D eigenvalue weighted by Crippen LogP contribution is 2.43. The lowest BCUT2D eigenvalue weighted by Crippen LogP contribution is -2.62. The number of hydrogen-bond acceptors (Lipinski definition) is 5. The van der Waals surface area contributed by atoms with Gasteiger partial charge in [0.05, 0.1) is 17.0 Å². The Hall–Kier alpha value is -3.50. The number of carbonyl (C=O) groups is 3. The Bertz CT molecular complexity index is 1280. The van der Waals surface area contributed by atoms with E-state index in [4.69, 9.17) is 0 Å². The maximum Gasteiger partial charge on any atom is 0.257 e. The number of nitrogens with one attached hydrogen (secondary N) is 2. The van der Waals surface area contributed by atoms with Crippen LogP contribution in [0.25, 0.3) is 0 Å². The third-order valence-electron chi connectivity index (χ3n) is 6.35. The average molecular weight is 497 g/mol. The quantitative estimate of drug-likeness (QED) is 0.518. The normalized spacial score (nSPS) is 19.3. The predicted octanol–water partition coefficient (Wildman–Crippen LogP) is 2.62. The van der Waals surface area contributed by atoms with Crippen LogP contribution in [0, 0.1) is 0 Å². The Balaban J connectivity index is 1.40. The summed E-state index contributed by atoms with van der Waals surface area (Å²) in [4.78, 5) is 41.8. The van der Waals surface area contributed by atoms with E-state index in [0.717, 1.165) is 0 Å². The average Bonchev–Trinajstić information content (AvgIpc) is 3.13. The highest BCUT2D eigenvalue weighted by Gasteiger charge is 2.52. The van der Waals surface area contributed by atoms with E-state index in [-0.39, 0.29) is 43.0 Å². The number of nitrogens with zero attached hydrogens (tertiary/aromatic N) is 2. The molecule has 1 unspecified atom stereocenters. The van der Waals surface area contributed by atoms with Crippen LogP contribution in [0.5, 0.6) is 0 Å². The molecule has 0 aliphatic carbocycles. The molecular formula is C25H28N4O5S. The first-order valence-corrected chi connectivity index (χ1v) is 13.0. The van der Waals surface area contributed by atoms with E-state index in [1.54, 1.807) is 58.3 Å². The number of carbonyl (C=O) groups excluding carboxylic acids is 3. The summed E-state index contributed by atoms with van der Waals surface area (Å²) < 4.78 is 26.4. The van der Waals surface area contributed by atoms with E-state index in [0.29, 0.717) is 35.3 Å². The second kappa shape index (κ2) is 9.63. The topological polar surface area (TPSA) is 116 Å².